The minimum atomic E-state index is -0.932. The molecule has 0 spiro atoms. The Kier molecular flexibility index (Phi) is 2.63. The molecular formula is C8H10N2O2. The molecule has 0 aromatic carbocycles. The van der Waals surface area contributed by atoms with Crippen molar-refractivity contribution >= 4 is 5.97 Å². The van der Waals surface area contributed by atoms with Crippen LogP contribution in [0.1, 0.15) is 5.69 Å². The minimum absolute atomic E-state index is 0.500. The largest absolute Gasteiger partial charge is 0.478 e. The summed E-state index contributed by atoms with van der Waals surface area (Å²) in [5, 5.41) is 12.4. The fourth-order valence-corrected chi connectivity index (χ4v) is 0.826. The normalized spacial score (nSPS) is 10.8. The van der Waals surface area contributed by atoms with E-state index in [0.717, 1.165) is 11.8 Å². The molecule has 0 aliphatic heterocycles. The molecule has 0 fully saturated rings. The molecule has 64 valence electrons. The number of hydrogen-bond donors (Lipinski definition) is 1. The van der Waals surface area contributed by atoms with Crippen molar-refractivity contribution in [3.05, 3.63) is 30.1 Å². The molecule has 0 aliphatic carbocycles. The van der Waals surface area contributed by atoms with Gasteiger partial charge in [-0.2, -0.15) is 5.10 Å². The van der Waals surface area contributed by atoms with E-state index in [-0.39, 0.29) is 0 Å². The summed E-state index contributed by atoms with van der Waals surface area (Å²) in [6.07, 6.45) is 4.47. The molecule has 1 aromatic heterocycles. The van der Waals surface area contributed by atoms with Gasteiger partial charge in [0.25, 0.3) is 0 Å². The predicted octanol–water partition coefficient (Wildman–Crippen LogP) is 0.832. The number of rotatable bonds is 3. The van der Waals surface area contributed by atoms with Crippen molar-refractivity contribution < 1.29 is 9.90 Å². The summed E-state index contributed by atoms with van der Waals surface area (Å²) in [6, 6.07) is 1.87. The first kappa shape index (κ1) is 8.52. The topological polar surface area (TPSA) is 55.1 Å². The minimum Gasteiger partial charge on any atom is -0.478 e. The van der Waals surface area contributed by atoms with Crippen LogP contribution >= 0.6 is 0 Å². The molecule has 0 unspecified atom stereocenters. The van der Waals surface area contributed by atoms with E-state index in [2.05, 4.69) is 5.10 Å². The van der Waals surface area contributed by atoms with Crippen LogP contribution in [0.4, 0.5) is 0 Å². The summed E-state index contributed by atoms with van der Waals surface area (Å²) in [5.74, 6) is -0.932. The van der Waals surface area contributed by atoms with Crippen LogP contribution in [-0.2, 0) is 11.3 Å². The third kappa shape index (κ3) is 2.57. The standard InChI is InChI=1S/C8H10N2O2/c1-7-4-6-10(9-7)5-2-3-8(11)12/h2-4,6H,5H2,1H3,(H,11,12). The van der Waals surface area contributed by atoms with E-state index in [4.69, 9.17) is 5.11 Å². The van der Waals surface area contributed by atoms with E-state index in [1.165, 1.54) is 0 Å². The van der Waals surface area contributed by atoms with Crippen molar-refractivity contribution in [2.45, 2.75) is 13.5 Å². The van der Waals surface area contributed by atoms with Gasteiger partial charge in [-0.25, -0.2) is 4.79 Å². The van der Waals surface area contributed by atoms with Crippen molar-refractivity contribution in [3.63, 3.8) is 0 Å². The average Bonchev–Trinajstić information content (AvgIpc) is 2.35. The zero-order valence-corrected chi connectivity index (χ0v) is 6.77. The Labute approximate surface area is 70.1 Å². The zero-order valence-electron chi connectivity index (χ0n) is 6.77. The average molecular weight is 166 g/mol. The molecule has 12 heavy (non-hydrogen) atoms. The van der Waals surface area contributed by atoms with E-state index in [1.807, 2.05) is 19.2 Å². The van der Waals surface area contributed by atoms with E-state index in [1.54, 1.807) is 10.8 Å². The Morgan fingerprint density at radius 1 is 1.83 bits per heavy atom. The Balaban J connectivity index is 2.48. The molecule has 1 heterocycles. The van der Waals surface area contributed by atoms with Gasteiger partial charge in [0, 0.05) is 12.3 Å². The van der Waals surface area contributed by atoms with Gasteiger partial charge in [0.05, 0.1) is 12.2 Å². The highest BCUT2D eigenvalue weighted by atomic mass is 16.4. The number of aromatic nitrogens is 2. The number of aliphatic carboxylic acids is 1. The second-order valence-corrected chi connectivity index (χ2v) is 2.42. The van der Waals surface area contributed by atoms with Crippen molar-refractivity contribution in [3.8, 4) is 0 Å². The van der Waals surface area contributed by atoms with Gasteiger partial charge < -0.3 is 5.11 Å². The fraction of sp³-hybridized carbons (Fsp3) is 0.250. The molecule has 0 bridgehead atoms. The first-order chi connectivity index (χ1) is 5.68. The van der Waals surface area contributed by atoms with Crippen LogP contribution in [0.2, 0.25) is 0 Å². The lowest BCUT2D eigenvalue weighted by atomic mass is 10.5. The summed E-state index contributed by atoms with van der Waals surface area (Å²) < 4.78 is 1.68. The number of aryl methyl sites for hydroxylation is 1. The number of carboxylic acid groups (broad SMARTS) is 1. The lowest BCUT2D eigenvalue weighted by Gasteiger charge is -1.92. The highest BCUT2D eigenvalue weighted by Crippen LogP contribution is 1.92. The molecule has 4 nitrogen and oxygen atoms in total. The maximum atomic E-state index is 10.1. The summed E-state index contributed by atoms with van der Waals surface area (Å²) >= 11 is 0. The molecule has 4 heteroatoms. The summed E-state index contributed by atoms with van der Waals surface area (Å²) in [4.78, 5) is 10.1. The lowest BCUT2D eigenvalue weighted by molar-refractivity contribution is -0.131. The molecule has 1 N–H and O–H groups in total. The molecule has 0 amide bonds. The molecule has 0 aliphatic rings. The highest BCUT2D eigenvalue weighted by molar-refractivity contribution is 5.79. The van der Waals surface area contributed by atoms with Crippen LogP contribution in [0.15, 0.2) is 24.4 Å². The third-order valence-corrected chi connectivity index (χ3v) is 1.33. The number of nitrogens with zero attached hydrogens (tertiary/aromatic N) is 2. The van der Waals surface area contributed by atoms with Gasteiger partial charge in [-0.15, -0.1) is 0 Å². The Morgan fingerprint density at radius 2 is 2.58 bits per heavy atom. The van der Waals surface area contributed by atoms with Gasteiger partial charge in [-0.1, -0.05) is 6.08 Å². The molecule has 0 saturated carbocycles. The number of hydrogen-bond acceptors (Lipinski definition) is 2. The fourth-order valence-electron chi connectivity index (χ4n) is 0.826. The van der Waals surface area contributed by atoms with E-state index >= 15 is 0 Å². The van der Waals surface area contributed by atoms with Crippen molar-refractivity contribution in [2.24, 2.45) is 0 Å². The molecular weight excluding hydrogens is 156 g/mol. The molecule has 0 saturated heterocycles. The van der Waals surface area contributed by atoms with Crippen LogP contribution < -0.4 is 0 Å². The SMILES string of the molecule is Cc1ccn(CC=CC(=O)O)n1. The van der Waals surface area contributed by atoms with Crippen molar-refractivity contribution in [1.82, 2.24) is 9.78 Å². The van der Waals surface area contributed by atoms with Gasteiger partial charge in [0.2, 0.25) is 0 Å². The van der Waals surface area contributed by atoms with E-state index in [0.29, 0.717) is 6.54 Å². The summed E-state index contributed by atoms with van der Waals surface area (Å²) in [5.41, 5.74) is 0.929. The maximum Gasteiger partial charge on any atom is 0.328 e. The van der Waals surface area contributed by atoms with Crippen molar-refractivity contribution in [1.29, 1.82) is 0 Å². The second-order valence-electron chi connectivity index (χ2n) is 2.42. The van der Waals surface area contributed by atoms with Crippen molar-refractivity contribution in [2.75, 3.05) is 0 Å². The summed E-state index contributed by atoms with van der Waals surface area (Å²) in [6.45, 7) is 2.39. The predicted molar refractivity (Wildman–Crippen MR) is 43.7 cm³/mol. The van der Waals surface area contributed by atoms with Crippen LogP contribution in [0.5, 0.6) is 0 Å². The molecule has 1 rings (SSSR count). The first-order valence-electron chi connectivity index (χ1n) is 3.58. The number of carboxylic acids is 1. The Hall–Kier alpha value is -1.58. The molecule has 1 aromatic rings. The summed E-state index contributed by atoms with van der Waals surface area (Å²) in [7, 11) is 0. The van der Waals surface area contributed by atoms with Gasteiger partial charge in [-0.05, 0) is 13.0 Å². The van der Waals surface area contributed by atoms with Gasteiger partial charge >= 0.3 is 5.97 Å². The third-order valence-electron chi connectivity index (χ3n) is 1.33. The Bertz CT molecular complexity index is 302. The van der Waals surface area contributed by atoms with Crippen LogP contribution in [0, 0.1) is 6.92 Å². The molecule has 0 radical (unpaired) electrons. The molecule has 0 atom stereocenters. The first-order valence-corrected chi connectivity index (χ1v) is 3.58. The van der Waals surface area contributed by atoms with Gasteiger partial charge in [0.15, 0.2) is 0 Å². The van der Waals surface area contributed by atoms with E-state index in [9.17, 15) is 4.79 Å². The number of carbonyl (C=O) groups is 1. The van der Waals surface area contributed by atoms with Crippen LogP contribution in [0.25, 0.3) is 0 Å². The Morgan fingerprint density at radius 3 is 3.08 bits per heavy atom. The maximum absolute atomic E-state index is 10.1. The highest BCUT2D eigenvalue weighted by Gasteiger charge is 1.90. The number of allylic oxidation sites excluding steroid dienone is 1. The van der Waals surface area contributed by atoms with Gasteiger partial charge in [0.1, 0.15) is 0 Å². The second kappa shape index (κ2) is 3.71. The smallest absolute Gasteiger partial charge is 0.328 e. The van der Waals surface area contributed by atoms with Crippen LogP contribution in [-0.4, -0.2) is 20.9 Å². The lowest BCUT2D eigenvalue weighted by Crippen LogP contribution is -1.96. The van der Waals surface area contributed by atoms with E-state index < -0.39 is 5.97 Å². The monoisotopic (exact) mass is 166 g/mol. The zero-order chi connectivity index (χ0) is 8.97. The quantitative estimate of drug-likeness (QED) is 0.677. The van der Waals surface area contributed by atoms with Gasteiger partial charge in [-0.3, -0.25) is 4.68 Å². The van der Waals surface area contributed by atoms with Crippen LogP contribution in [0.3, 0.4) is 0 Å².